The summed E-state index contributed by atoms with van der Waals surface area (Å²) in [5.74, 6) is -0.368. The molecule has 2 N–H and O–H groups in total. The molecule has 0 radical (unpaired) electrons. The van der Waals surface area contributed by atoms with Gasteiger partial charge in [0.05, 0.1) is 30.3 Å². The minimum Gasteiger partial charge on any atom is -0.462 e. The minimum atomic E-state index is -0.368. The lowest BCUT2D eigenvalue weighted by molar-refractivity contribution is -0.944. The standard InChI is InChI=1S/C22H30N2O3/c1-4-12-27-22(26)16-9-10-20-18(13-16)21(25)19(15(3)23-20)14-24-11-7-6-8-17(24)5-2/h9-10,13,17H,4-8,11-12,14H2,1-3H3,(H,23,25)/p+1/t17-/m0/s1. The number of carbonyl (C=O) groups is 1. The number of piperidine rings is 1. The van der Waals surface area contributed by atoms with Gasteiger partial charge in [-0.15, -0.1) is 0 Å². The molecule has 0 saturated carbocycles. The molecule has 5 nitrogen and oxygen atoms in total. The van der Waals surface area contributed by atoms with Gasteiger partial charge in [0.2, 0.25) is 0 Å². The molecule has 3 rings (SSSR count). The summed E-state index contributed by atoms with van der Waals surface area (Å²) in [7, 11) is 0. The first kappa shape index (κ1) is 19.6. The zero-order valence-corrected chi connectivity index (χ0v) is 16.7. The van der Waals surface area contributed by atoms with Gasteiger partial charge in [-0.3, -0.25) is 4.79 Å². The number of nitrogens with one attached hydrogen (secondary N) is 2. The van der Waals surface area contributed by atoms with Gasteiger partial charge in [-0.05, 0) is 57.2 Å². The summed E-state index contributed by atoms with van der Waals surface area (Å²) in [5.41, 5.74) is 3.03. The van der Waals surface area contributed by atoms with Crippen LogP contribution in [-0.2, 0) is 11.3 Å². The third kappa shape index (κ3) is 4.24. The van der Waals surface area contributed by atoms with Gasteiger partial charge in [-0.1, -0.05) is 13.8 Å². The van der Waals surface area contributed by atoms with Crippen molar-refractivity contribution in [2.24, 2.45) is 0 Å². The second kappa shape index (κ2) is 8.70. The van der Waals surface area contributed by atoms with Crippen LogP contribution in [0.25, 0.3) is 10.9 Å². The van der Waals surface area contributed by atoms with E-state index in [1.54, 1.807) is 18.2 Å². The number of likely N-dealkylation sites (tertiary alicyclic amines) is 1. The Hall–Kier alpha value is -2.14. The SMILES string of the molecule is CCCOC(=O)c1ccc2[nH]c(C)c(C[NH+]3CCCC[C@@H]3CC)c(=O)c2c1. The number of quaternary nitrogens is 1. The first-order valence-corrected chi connectivity index (χ1v) is 10.2. The highest BCUT2D eigenvalue weighted by Crippen LogP contribution is 2.15. The Morgan fingerprint density at radius 3 is 2.85 bits per heavy atom. The van der Waals surface area contributed by atoms with Gasteiger partial charge in [-0.2, -0.15) is 0 Å². The molecule has 1 saturated heterocycles. The van der Waals surface area contributed by atoms with Crippen LogP contribution in [0, 0.1) is 6.92 Å². The quantitative estimate of drug-likeness (QED) is 0.768. The summed E-state index contributed by atoms with van der Waals surface area (Å²) >= 11 is 0. The summed E-state index contributed by atoms with van der Waals surface area (Å²) in [6.45, 7) is 8.44. The molecule has 146 valence electrons. The number of benzene rings is 1. The van der Waals surface area contributed by atoms with Gasteiger partial charge >= 0.3 is 5.97 Å². The van der Waals surface area contributed by atoms with E-state index < -0.39 is 0 Å². The Balaban J connectivity index is 1.95. The van der Waals surface area contributed by atoms with Crippen LogP contribution >= 0.6 is 0 Å². The van der Waals surface area contributed by atoms with Gasteiger partial charge in [0, 0.05) is 16.6 Å². The fourth-order valence-corrected chi connectivity index (χ4v) is 4.17. The maximum atomic E-state index is 13.2. The maximum absolute atomic E-state index is 13.2. The first-order valence-electron chi connectivity index (χ1n) is 10.2. The van der Waals surface area contributed by atoms with Crippen molar-refractivity contribution in [1.29, 1.82) is 0 Å². The molecule has 2 atom stereocenters. The molecule has 2 heterocycles. The first-order chi connectivity index (χ1) is 13.0. The minimum absolute atomic E-state index is 0.0410. The van der Waals surface area contributed by atoms with E-state index in [4.69, 9.17) is 4.74 Å². The lowest BCUT2D eigenvalue weighted by Gasteiger charge is -2.32. The molecule has 0 aliphatic carbocycles. The highest BCUT2D eigenvalue weighted by molar-refractivity contribution is 5.94. The number of carbonyl (C=O) groups excluding carboxylic acids is 1. The van der Waals surface area contributed by atoms with Gasteiger partial charge in [0.15, 0.2) is 5.43 Å². The molecule has 1 unspecified atom stereocenters. The van der Waals surface area contributed by atoms with Gasteiger partial charge in [-0.25, -0.2) is 4.79 Å². The predicted molar refractivity (Wildman–Crippen MR) is 107 cm³/mol. The fraction of sp³-hybridized carbons (Fsp3) is 0.545. The number of aryl methyl sites for hydroxylation is 1. The largest absolute Gasteiger partial charge is 0.462 e. The molecule has 1 aliphatic rings. The molecule has 0 bridgehead atoms. The van der Waals surface area contributed by atoms with Crippen molar-refractivity contribution in [2.75, 3.05) is 13.2 Å². The van der Waals surface area contributed by atoms with Crippen LogP contribution in [0.2, 0.25) is 0 Å². The van der Waals surface area contributed by atoms with Crippen LogP contribution in [0.1, 0.15) is 67.6 Å². The van der Waals surface area contributed by atoms with Crippen LogP contribution in [0.4, 0.5) is 0 Å². The van der Waals surface area contributed by atoms with E-state index in [0.717, 1.165) is 42.7 Å². The van der Waals surface area contributed by atoms with Crippen molar-refractivity contribution in [1.82, 2.24) is 4.98 Å². The van der Waals surface area contributed by atoms with E-state index in [2.05, 4.69) is 11.9 Å². The van der Waals surface area contributed by atoms with Crippen molar-refractivity contribution in [3.05, 3.63) is 45.2 Å². The number of rotatable bonds is 6. The summed E-state index contributed by atoms with van der Waals surface area (Å²) in [6.07, 6.45) is 5.68. The number of H-pyrrole nitrogens is 1. The van der Waals surface area contributed by atoms with Crippen molar-refractivity contribution in [3.63, 3.8) is 0 Å². The molecular weight excluding hydrogens is 340 g/mol. The van der Waals surface area contributed by atoms with Crippen molar-refractivity contribution in [3.8, 4) is 0 Å². The number of hydrogen-bond donors (Lipinski definition) is 2. The van der Waals surface area contributed by atoms with Crippen molar-refractivity contribution >= 4 is 16.9 Å². The van der Waals surface area contributed by atoms with Crippen molar-refractivity contribution < 1.29 is 14.4 Å². The monoisotopic (exact) mass is 371 g/mol. The van der Waals surface area contributed by atoms with Crippen LogP contribution in [-0.4, -0.2) is 30.1 Å². The molecule has 1 fully saturated rings. The smallest absolute Gasteiger partial charge is 0.338 e. The van der Waals surface area contributed by atoms with Gasteiger partial charge in [0.1, 0.15) is 6.54 Å². The topological polar surface area (TPSA) is 63.6 Å². The molecule has 0 spiro atoms. The number of hydrogen-bond acceptors (Lipinski definition) is 3. The van der Waals surface area contributed by atoms with Crippen LogP contribution in [0.5, 0.6) is 0 Å². The molecular formula is C22H31N2O3+. The molecule has 2 aromatic rings. The van der Waals surface area contributed by atoms with Crippen LogP contribution in [0.15, 0.2) is 23.0 Å². The van der Waals surface area contributed by atoms with E-state index in [1.807, 2.05) is 13.8 Å². The average molecular weight is 372 g/mol. The third-order valence-corrected chi connectivity index (χ3v) is 5.76. The summed E-state index contributed by atoms with van der Waals surface area (Å²) in [6, 6.07) is 5.83. The van der Waals surface area contributed by atoms with Gasteiger partial charge in [0.25, 0.3) is 0 Å². The van der Waals surface area contributed by atoms with E-state index in [-0.39, 0.29) is 11.4 Å². The Morgan fingerprint density at radius 2 is 2.11 bits per heavy atom. The lowest BCUT2D eigenvalue weighted by Crippen LogP contribution is -3.15. The number of esters is 1. The molecule has 0 amide bonds. The number of aromatic amines is 1. The molecule has 1 aromatic heterocycles. The van der Waals surface area contributed by atoms with E-state index in [0.29, 0.717) is 23.6 Å². The van der Waals surface area contributed by atoms with Crippen LogP contribution in [0.3, 0.4) is 0 Å². The number of fused-ring (bicyclic) bond motifs is 1. The molecule has 1 aliphatic heterocycles. The number of aromatic nitrogens is 1. The Labute approximate surface area is 160 Å². The summed E-state index contributed by atoms with van der Waals surface area (Å²) in [5, 5.41) is 0.575. The summed E-state index contributed by atoms with van der Waals surface area (Å²) < 4.78 is 5.21. The maximum Gasteiger partial charge on any atom is 0.338 e. The normalized spacial score (nSPS) is 20.0. The Morgan fingerprint density at radius 1 is 1.30 bits per heavy atom. The lowest BCUT2D eigenvalue weighted by atomic mass is 9.98. The highest BCUT2D eigenvalue weighted by atomic mass is 16.5. The average Bonchev–Trinajstić information content (AvgIpc) is 2.69. The third-order valence-electron chi connectivity index (χ3n) is 5.76. The molecule has 1 aromatic carbocycles. The van der Waals surface area contributed by atoms with Gasteiger partial charge < -0.3 is 14.6 Å². The van der Waals surface area contributed by atoms with Crippen LogP contribution < -0.4 is 10.3 Å². The van der Waals surface area contributed by atoms with E-state index >= 15 is 0 Å². The fourth-order valence-electron chi connectivity index (χ4n) is 4.17. The highest BCUT2D eigenvalue weighted by Gasteiger charge is 2.26. The second-order valence-electron chi connectivity index (χ2n) is 7.64. The Kier molecular flexibility index (Phi) is 6.32. The molecule has 5 heteroatoms. The molecule has 27 heavy (non-hydrogen) atoms. The number of pyridine rings is 1. The zero-order valence-electron chi connectivity index (χ0n) is 16.7. The van der Waals surface area contributed by atoms with E-state index in [1.165, 1.54) is 24.2 Å². The van der Waals surface area contributed by atoms with Crippen molar-refractivity contribution in [2.45, 2.75) is 65.5 Å². The van der Waals surface area contributed by atoms with E-state index in [9.17, 15) is 9.59 Å². The number of ether oxygens (including phenoxy) is 1. The Bertz CT molecular complexity index is 872. The zero-order chi connectivity index (χ0) is 19.4. The summed E-state index contributed by atoms with van der Waals surface area (Å²) in [4.78, 5) is 30.3. The predicted octanol–water partition coefficient (Wildman–Crippen LogP) is 2.75. The second-order valence-corrected chi connectivity index (χ2v) is 7.64.